The third-order valence-electron chi connectivity index (χ3n) is 9.24. The number of nitrogens with zero attached hydrogens (tertiary/aromatic N) is 5. The van der Waals surface area contributed by atoms with Crippen LogP contribution in [0.2, 0.25) is 0 Å². The second kappa shape index (κ2) is 15.4. The van der Waals surface area contributed by atoms with Crippen LogP contribution in [0.4, 0.5) is 28.6 Å². The van der Waals surface area contributed by atoms with Gasteiger partial charge in [0.05, 0.1) is 23.3 Å². The lowest BCUT2D eigenvalue weighted by Crippen LogP contribution is -3.00. The second-order valence-electron chi connectivity index (χ2n) is 12.4. The Morgan fingerprint density at radius 3 is 2.09 bits per heavy atom. The summed E-state index contributed by atoms with van der Waals surface area (Å²) in [6, 6.07) is 35.4. The Kier molecular flexibility index (Phi) is 10.7. The number of benzene rings is 5. The number of imide groups is 1. The highest BCUT2D eigenvalue weighted by Gasteiger charge is 2.35. The van der Waals surface area contributed by atoms with Crippen molar-refractivity contribution in [2.24, 2.45) is 10.2 Å². The largest absolute Gasteiger partial charge is 1.00 e. The number of hydrogen-bond acceptors (Lipinski definition) is 7. The molecule has 0 unspecified atom stereocenters. The number of carbonyl (C=O) groups is 2. The zero-order chi connectivity index (χ0) is 36.4. The molecule has 53 heavy (non-hydrogen) atoms. The molecule has 0 aliphatic carbocycles. The van der Waals surface area contributed by atoms with E-state index in [0.717, 1.165) is 40.5 Å². The number of anilines is 3. The van der Waals surface area contributed by atoms with E-state index in [1.54, 1.807) is 42.6 Å². The molecule has 5 aromatic carbocycles. The van der Waals surface area contributed by atoms with Gasteiger partial charge in [-0.25, -0.2) is 9.47 Å². The molecule has 12 heteroatoms. The first-order chi connectivity index (χ1) is 25.2. The van der Waals surface area contributed by atoms with Gasteiger partial charge in [-0.2, -0.15) is 18.3 Å². The molecular formula is C41H37ClN6O4S. The Balaban J connectivity index is 0.00000481. The van der Waals surface area contributed by atoms with E-state index in [0.29, 0.717) is 39.9 Å². The Morgan fingerprint density at radius 1 is 0.736 bits per heavy atom. The predicted octanol–water partition coefficient (Wildman–Crippen LogP) is 5.35. The van der Waals surface area contributed by atoms with E-state index in [2.05, 4.69) is 39.8 Å². The second-order valence-corrected chi connectivity index (χ2v) is 14.1. The van der Waals surface area contributed by atoms with Crippen molar-refractivity contribution in [2.45, 2.75) is 32.2 Å². The van der Waals surface area contributed by atoms with E-state index in [1.165, 1.54) is 24.3 Å². The van der Waals surface area contributed by atoms with Gasteiger partial charge in [0.1, 0.15) is 11.4 Å². The molecule has 0 fully saturated rings. The number of azo groups is 1. The fraction of sp³-hybridized carbons (Fsp3) is 0.146. The Hall–Kier alpha value is -5.91. The van der Waals surface area contributed by atoms with Crippen LogP contribution in [-0.4, -0.2) is 33.3 Å². The minimum atomic E-state index is -4.01. The van der Waals surface area contributed by atoms with Crippen LogP contribution in [0, 0.1) is 6.92 Å². The van der Waals surface area contributed by atoms with Crippen LogP contribution < -0.4 is 31.5 Å². The van der Waals surface area contributed by atoms with Gasteiger partial charge in [-0.05, 0) is 98.6 Å². The van der Waals surface area contributed by atoms with Crippen LogP contribution >= 0.6 is 0 Å². The molecule has 10 nitrogen and oxygen atoms in total. The molecule has 1 aromatic heterocycles. The lowest BCUT2D eigenvalue weighted by atomic mass is 9.93. The molecule has 2 heterocycles. The van der Waals surface area contributed by atoms with Crippen LogP contribution in [0.3, 0.4) is 0 Å². The van der Waals surface area contributed by atoms with E-state index in [9.17, 15) is 18.0 Å². The number of hydrogen-bond donors (Lipinski definition) is 1. The van der Waals surface area contributed by atoms with Gasteiger partial charge in [0.25, 0.3) is 17.6 Å². The van der Waals surface area contributed by atoms with Crippen molar-refractivity contribution in [3.05, 3.63) is 150 Å². The zero-order valence-corrected chi connectivity index (χ0v) is 31.0. The minimum absolute atomic E-state index is 0. The van der Waals surface area contributed by atoms with Crippen LogP contribution in [0.15, 0.2) is 143 Å². The quantitative estimate of drug-likeness (QED) is 0.109. The summed E-state index contributed by atoms with van der Waals surface area (Å²) in [7, 11) is -4.01. The summed E-state index contributed by atoms with van der Waals surface area (Å²) in [4.78, 5) is 31.1. The van der Waals surface area contributed by atoms with Crippen molar-refractivity contribution in [3.63, 3.8) is 0 Å². The van der Waals surface area contributed by atoms with Crippen molar-refractivity contribution >= 4 is 61.2 Å². The molecule has 0 saturated carbocycles. The van der Waals surface area contributed by atoms with E-state index >= 15 is 0 Å². The van der Waals surface area contributed by atoms with Crippen LogP contribution in [-0.2, 0) is 16.6 Å². The molecule has 0 atom stereocenters. The molecule has 1 N–H and O–H groups in total. The summed E-state index contributed by atoms with van der Waals surface area (Å²) in [6.45, 7) is 8.52. The number of pyridine rings is 1. The SMILES string of the molecule is CCN(CC)c1ccc(N=Nc2ccc3c4c(cccc24)C(=O)N(c2ccc(S(=O)(=O)Nc4cccc[n+]4Cc4ccccc4)cc2)C3=O)c(C)c1.[Cl-]. The predicted molar refractivity (Wildman–Crippen MR) is 203 cm³/mol. The monoisotopic (exact) mass is 744 g/mol. The van der Waals surface area contributed by atoms with Gasteiger partial charge in [0.2, 0.25) is 0 Å². The minimum Gasteiger partial charge on any atom is -1.00 e. The Labute approximate surface area is 314 Å². The molecule has 1 aliphatic rings. The topological polar surface area (TPSA) is 115 Å². The number of rotatable bonds is 11. The van der Waals surface area contributed by atoms with E-state index in [4.69, 9.17) is 0 Å². The zero-order valence-electron chi connectivity index (χ0n) is 29.4. The van der Waals surface area contributed by atoms with Crippen molar-refractivity contribution in [1.29, 1.82) is 0 Å². The molecule has 0 saturated heterocycles. The number of amides is 2. The standard InChI is InChI=1S/C41H36N6O4S.ClH/c1-4-45(5-2)31-19-23-36(28(3)26-31)42-43-37-24-22-35-39-33(37)14-11-15-34(39)40(48)47(41(35)49)30-17-20-32(21-18-30)52(50,51)44-38-16-9-10-25-46(38)27-29-12-7-6-8-13-29;/h6-26H,4-5,27H2,1-3H3;1H. The lowest BCUT2D eigenvalue weighted by Gasteiger charge is -2.27. The van der Waals surface area contributed by atoms with Crippen LogP contribution in [0.1, 0.15) is 45.7 Å². The smallest absolute Gasteiger partial charge is 0.328 e. The average Bonchev–Trinajstić information content (AvgIpc) is 3.15. The van der Waals surface area contributed by atoms with Crippen LogP contribution in [0.5, 0.6) is 0 Å². The normalized spacial score (nSPS) is 12.6. The number of aromatic nitrogens is 1. The van der Waals surface area contributed by atoms with Gasteiger partial charge in [-0.1, -0.05) is 48.5 Å². The third kappa shape index (κ3) is 7.26. The van der Waals surface area contributed by atoms with E-state index < -0.39 is 21.8 Å². The maximum atomic E-state index is 13.9. The highest BCUT2D eigenvalue weighted by Crippen LogP contribution is 2.38. The summed E-state index contributed by atoms with van der Waals surface area (Å²) in [5, 5.41) is 10.2. The molecule has 2 amide bonds. The first-order valence-corrected chi connectivity index (χ1v) is 18.5. The Morgan fingerprint density at radius 2 is 1.40 bits per heavy atom. The van der Waals surface area contributed by atoms with Gasteiger partial charge in [0, 0.05) is 46.7 Å². The van der Waals surface area contributed by atoms with Gasteiger partial charge in [-0.3, -0.25) is 9.59 Å². The molecule has 0 spiro atoms. The van der Waals surface area contributed by atoms with Crippen molar-refractivity contribution < 1.29 is 35.0 Å². The number of halogens is 1. The van der Waals surface area contributed by atoms with Gasteiger partial charge < -0.3 is 17.3 Å². The van der Waals surface area contributed by atoms with Gasteiger partial charge >= 0.3 is 10.0 Å². The summed E-state index contributed by atoms with van der Waals surface area (Å²) in [5.74, 6) is -0.635. The maximum absolute atomic E-state index is 13.9. The summed E-state index contributed by atoms with van der Waals surface area (Å²) >= 11 is 0. The molecule has 0 radical (unpaired) electrons. The number of carbonyl (C=O) groups excluding carboxylic acids is 2. The fourth-order valence-corrected chi connectivity index (χ4v) is 7.58. The lowest BCUT2D eigenvalue weighted by molar-refractivity contribution is -0.673. The molecule has 268 valence electrons. The fourth-order valence-electron chi connectivity index (χ4n) is 6.51. The third-order valence-corrected chi connectivity index (χ3v) is 10.6. The van der Waals surface area contributed by atoms with Crippen LogP contribution in [0.25, 0.3) is 10.8 Å². The Bertz CT molecular complexity index is 2450. The highest BCUT2D eigenvalue weighted by molar-refractivity contribution is 7.92. The maximum Gasteiger partial charge on any atom is 0.328 e. The average molecular weight is 745 g/mol. The van der Waals surface area contributed by atoms with Crippen molar-refractivity contribution in [3.8, 4) is 0 Å². The summed E-state index contributed by atoms with van der Waals surface area (Å²) in [5.41, 5.74) is 5.32. The highest BCUT2D eigenvalue weighted by atomic mass is 35.5. The first kappa shape index (κ1) is 36.9. The molecule has 1 aliphatic heterocycles. The molecular weight excluding hydrogens is 708 g/mol. The van der Waals surface area contributed by atoms with Gasteiger partial charge in [-0.15, -0.1) is 5.11 Å². The summed E-state index contributed by atoms with van der Waals surface area (Å²) in [6.07, 6.45) is 1.80. The molecule has 0 bridgehead atoms. The summed E-state index contributed by atoms with van der Waals surface area (Å²) < 4.78 is 31.5. The van der Waals surface area contributed by atoms with Crippen molar-refractivity contribution in [2.75, 3.05) is 27.6 Å². The first-order valence-electron chi connectivity index (χ1n) is 17.1. The van der Waals surface area contributed by atoms with Gasteiger partial charge in [0.15, 0.2) is 0 Å². The van der Waals surface area contributed by atoms with E-state index in [1.807, 2.05) is 66.1 Å². The molecule has 6 aromatic rings. The number of aryl methyl sites for hydroxylation is 1. The van der Waals surface area contributed by atoms with Crippen molar-refractivity contribution in [1.82, 2.24) is 0 Å². The molecule has 7 rings (SSSR count). The van der Waals surface area contributed by atoms with E-state index in [-0.39, 0.29) is 23.0 Å². The number of sulfonamides is 1. The number of nitrogens with one attached hydrogen (secondary N) is 1.